The van der Waals surface area contributed by atoms with E-state index in [1.165, 1.54) is 12.1 Å². The minimum atomic E-state index is -3.78. The van der Waals surface area contributed by atoms with Crippen LogP contribution in [0.2, 0.25) is 0 Å². The summed E-state index contributed by atoms with van der Waals surface area (Å²) in [5.74, 6) is 0.526. The van der Waals surface area contributed by atoms with Crippen LogP contribution in [0.1, 0.15) is 5.56 Å². The van der Waals surface area contributed by atoms with Crippen molar-refractivity contribution in [3.8, 4) is 5.75 Å². The Morgan fingerprint density at radius 2 is 1.60 bits per heavy atom. The maximum atomic E-state index is 11.3. The molecule has 0 fully saturated rings. The van der Waals surface area contributed by atoms with Crippen molar-refractivity contribution in [2.75, 3.05) is 0 Å². The first kappa shape index (κ1) is 15.8. The fraction of sp³-hybridized carbons (Fsp3) is 0.0769. The van der Waals surface area contributed by atoms with Crippen LogP contribution in [0, 0.1) is 0 Å². The Balaban J connectivity index is 2.25. The summed E-state index contributed by atoms with van der Waals surface area (Å²) in [6.45, 7) is 0.380. The van der Waals surface area contributed by atoms with Crippen molar-refractivity contribution in [1.82, 2.24) is 0 Å². The van der Waals surface area contributed by atoms with Crippen LogP contribution in [-0.2, 0) is 15.7 Å². The Kier molecular flexibility index (Phi) is 5.12. The molecule has 0 amide bonds. The van der Waals surface area contributed by atoms with Gasteiger partial charge in [-0.3, -0.25) is 0 Å². The molecule has 0 saturated heterocycles. The summed E-state index contributed by atoms with van der Waals surface area (Å²) in [5, 5.41) is 0. The molecule has 0 unspecified atom stereocenters. The van der Waals surface area contributed by atoms with E-state index in [1.54, 1.807) is 0 Å². The summed E-state index contributed by atoms with van der Waals surface area (Å²) in [5.41, 5.74) is 1.01. The number of halogens is 3. The molecule has 20 heavy (non-hydrogen) atoms. The Morgan fingerprint density at radius 3 is 2.10 bits per heavy atom. The molecular formula is C13H9Br2ClO3S. The average molecular weight is 441 g/mol. The zero-order valence-corrected chi connectivity index (χ0v) is 14.8. The van der Waals surface area contributed by atoms with E-state index in [0.29, 0.717) is 21.3 Å². The van der Waals surface area contributed by atoms with Crippen LogP contribution in [0.3, 0.4) is 0 Å². The van der Waals surface area contributed by atoms with E-state index in [-0.39, 0.29) is 4.90 Å². The van der Waals surface area contributed by atoms with Crippen molar-refractivity contribution in [2.24, 2.45) is 0 Å². The second kappa shape index (κ2) is 6.47. The maximum Gasteiger partial charge on any atom is 0.261 e. The third-order valence-corrected chi connectivity index (χ3v) is 4.99. The topological polar surface area (TPSA) is 43.4 Å². The molecule has 0 aliphatic heterocycles. The fourth-order valence-corrected chi connectivity index (χ4v) is 4.05. The number of hydrogen-bond donors (Lipinski definition) is 0. The molecule has 0 radical (unpaired) electrons. The van der Waals surface area contributed by atoms with Crippen molar-refractivity contribution >= 4 is 51.6 Å². The first-order valence-corrected chi connectivity index (χ1v) is 9.38. The van der Waals surface area contributed by atoms with Gasteiger partial charge < -0.3 is 4.74 Å². The Morgan fingerprint density at radius 1 is 1.05 bits per heavy atom. The molecule has 0 aliphatic rings. The molecule has 3 nitrogen and oxygen atoms in total. The van der Waals surface area contributed by atoms with E-state index in [1.807, 2.05) is 30.3 Å². The predicted octanol–water partition coefficient (Wildman–Crippen LogP) is 4.72. The minimum absolute atomic E-state index is 0.00461. The van der Waals surface area contributed by atoms with Crippen LogP contribution < -0.4 is 4.74 Å². The molecular weight excluding hydrogens is 431 g/mol. The minimum Gasteiger partial charge on any atom is -0.487 e. The van der Waals surface area contributed by atoms with Crippen molar-refractivity contribution in [2.45, 2.75) is 11.5 Å². The number of benzene rings is 2. The molecule has 0 atom stereocenters. The average Bonchev–Trinajstić information content (AvgIpc) is 2.37. The molecule has 0 heterocycles. The summed E-state index contributed by atoms with van der Waals surface area (Å²) in [6, 6.07) is 12.5. The molecule has 0 bridgehead atoms. The standard InChI is InChI=1S/C13H9Br2ClO3S/c14-11-6-10(20(16,17)18)7-12(15)13(11)19-8-9-4-2-1-3-5-9/h1-7H,8H2. The summed E-state index contributed by atoms with van der Waals surface area (Å²) in [4.78, 5) is 0.00461. The first-order valence-electron chi connectivity index (χ1n) is 5.48. The lowest BCUT2D eigenvalue weighted by Gasteiger charge is -2.11. The van der Waals surface area contributed by atoms with Gasteiger partial charge in [0.15, 0.2) is 0 Å². The van der Waals surface area contributed by atoms with Gasteiger partial charge in [0, 0.05) is 10.7 Å². The van der Waals surface area contributed by atoms with Gasteiger partial charge in [0.05, 0.1) is 13.8 Å². The molecule has 0 aromatic heterocycles. The first-order chi connectivity index (χ1) is 9.38. The highest BCUT2D eigenvalue weighted by Gasteiger charge is 2.16. The van der Waals surface area contributed by atoms with E-state index in [9.17, 15) is 8.42 Å². The highest BCUT2D eigenvalue weighted by molar-refractivity contribution is 9.11. The highest BCUT2D eigenvalue weighted by Crippen LogP contribution is 2.37. The van der Waals surface area contributed by atoms with Crippen LogP contribution in [0.25, 0.3) is 0 Å². The van der Waals surface area contributed by atoms with Gasteiger partial charge in [0.25, 0.3) is 9.05 Å². The number of ether oxygens (including phenoxy) is 1. The van der Waals surface area contributed by atoms with Gasteiger partial charge in [0.2, 0.25) is 0 Å². The molecule has 2 aromatic carbocycles. The van der Waals surface area contributed by atoms with Gasteiger partial charge in [0.1, 0.15) is 12.4 Å². The lowest BCUT2D eigenvalue weighted by atomic mass is 10.2. The lowest BCUT2D eigenvalue weighted by Crippen LogP contribution is -1.98. The molecule has 2 aromatic rings. The van der Waals surface area contributed by atoms with Crippen LogP contribution in [-0.4, -0.2) is 8.42 Å². The van der Waals surface area contributed by atoms with E-state index < -0.39 is 9.05 Å². The smallest absolute Gasteiger partial charge is 0.261 e. The fourth-order valence-electron chi connectivity index (χ4n) is 1.55. The molecule has 106 valence electrons. The lowest BCUT2D eigenvalue weighted by molar-refractivity contribution is 0.302. The Bertz CT molecular complexity index is 695. The second-order valence-corrected chi connectivity index (χ2v) is 8.20. The molecule has 0 saturated carbocycles. The molecule has 0 aliphatic carbocycles. The van der Waals surface area contributed by atoms with Crippen molar-refractivity contribution in [3.05, 3.63) is 57.0 Å². The molecule has 2 rings (SSSR count). The zero-order chi connectivity index (χ0) is 14.8. The van der Waals surface area contributed by atoms with Crippen LogP contribution in [0.15, 0.2) is 56.3 Å². The number of rotatable bonds is 4. The van der Waals surface area contributed by atoms with Crippen LogP contribution in [0.4, 0.5) is 0 Å². The third kappa shape index (κ3) is 3.97. The van der Waals surface area contributed by atoms with Crippen molar-refractivity contribution in [1.29, 1.82) is 0 Å². The van der Waals surface area contributed by atoms with Gasteiger partial charge in [-0.05, 0) is 49.6 Å². The summed E-state index contributed by atoms with van der Waals surface area (Å²) in [7, 11) is 1.54. The van der Waals surface area contributed by atoms with E-state index in [4.69, 9.17) is 15.4 Å². The quantitative estimate of drug-likeness (QED) is 0.647. The molecule has 0 N–H and O–H groups in total. The van der Waals surface area contributed by atoms with Crippen molar-refractivity contribution < 1.29 is 13.2 Å². The van der Waals surface area contributed by atoms with Crippen LogP contribution >= 0.6 is 42.5 Å². The van der Waals surface area contributed by atoms with Crippen LogP contribution in [0.5, 0.6) is 5.75 Å². The van der Waals surface area contributed by atoms with Gasteiger partial charge in [-0.25, -0.2) is 8.42 Å². The summed E-state index contributed by atoms with van der Waals surface area (Å²) >= 11 is 6.57. The van der Waals surface area contributed by atoms with E-state index >= 15 is 0 Å². The third-order valence-electron chi connectivity index (χ3n) is 2.48. The monoisotopic (exact) mass is 438 g/mol. The Labute approximate surface area is 138 Å². The number of hydrogen-bond acceptors (Lipinski definition) is 3. The maximum absolute atomic E-state index is 11.3. The van der Waals surface area contributed by atoms with Gasteiger partial charge in [-0.1, -0.05) is 30.3 Å². The Hall–Kier alpha value is -0.560. The van der Waals surface area contributed by atoms with Gasteiger partial charge >= 0.3 is 0 Å². The van der Waals surface area contributed by atoms with Gasteiger partial charge in [-0.15, -0.1) is 0 Å². The molecule has 7 heteroatoms. The van der Waals surface area contributed by atoms with E-state index in [2.05, 4.69) is 31.9 Å². The second-order valence-electron chi connectivity index (χ2n) is 3.93. The summed E-state index contributed by atoms with van der Waals surface area (Å²) < 4.78 is 29.3. The molecule has 0 spiro atoms. The van der Waals surface area contributed by atoms with Crippen molar-refractivity contribution in [3.63, 3.8) is 0 Å². The normalized spacial score (nSPS) is 11.3. The largest absolute Gasteiger partial charge is 0.487 e. The predicted molar refractivity (Wildman–Crippen MR) is 85.7 cm³/mol. The van der Waals surface area contributed by atoms with Gasteiger partial charge in [-0.2, -0.15) is 0 Å². The zero-order valence-electron chi connectivity index (χ0n) is 10.0. The highest BCUT2D eigenvalue weighted by atomic mass is 79.9. The van der Waals surface area contributed by atoms with E-state index in [0.717, 1.165) is 5.56 Å². The summed E-state index contributed by atoms with van der Waals surface area (Å²) in [6.07, 6.45) is 0. The SMILES string of the molecule is O=S(=O)(Cl)c1cc(Br)c(OCc2ccccc2)c(Br)c1.